The molecule has 1 fully saturated rings. The van der Waals surface area contributed by atoms with Crippen LogP contribution in [0.4, 0.5) is 0 Å². The zero-order valence-corrected chi connectivity index (χ0v) is 10.4. The van der Waals surface area contributed by atoms with E-state index in [1.807, 2.05) is 11.8 Å². The Morgan fingerprint density at radius 3 is 2.44 bits per heavy atom. The highest BCUT2D eigenvalue weighted by Gasteiger charge is 2.25. The molecule has 1 aliphatic carbocycles. The summed E-state index contributed by atoms with van der Waals surface area (Å²) in [6, 6.07) is 0.948. The van der Waals surface area contributed by atoms with Crippen molar-refractivity contribution in [2.24, 2.45) is 0 Å². The van der Waals surface area contributed by atoms with Gasteiger partial charge in [0, 0.05) is 32.1 Å². The molecule has 94 valence electrons. The highest BCUT2D eigenvalue weighted by Crippen LogP contribution is 2.23. The van der Waals surface area contributed by atoms with Gasteiger partial charge in [-0.2, -0.15) is 0 Å². The summed E-state index contributed by atoms with van der Waals surface area (Å²) in [6.45, 7) is 5.39. The van der Waals surface area contributed by atoms with Crippen molar-refractivity contribution in [3.05, 3.63) is 0 Å². The second-order valence-electron chi connectivity index (χ2n) is 4.49. The summed E-state index contributed by atoms with van der Waals surface area (Å²) in [7, 11) is 0. The quantitative estimate of drug-likeness (QED) is 0.730. The van der Waals surface area contributed by atoms with Gasteiger partial charge < -0.3 is 15.3 Å². The topological polar surface area (TPSA) is 52.6 Å². The van der Waals surface area contributed by atoms with Gasteiger partial charge in [0.2, 0.25) is 5.91 Å². The van der Waals surface area contributed by atoms with E-state index in [1.54, 1.807) is 6.92 Å². The van der Waals surface area contributed by atoms with Gasteiger partial charge in [-0.05, 0) is 32.6 Å². The standard InChI is InChI=1S/C12H24N2O2/c1-3-14(10(2)16)12-6-4-11(5-7-12)13-8-9-15/h11-13,15H,3-9H2,1-2H3. The summed E-state index contributed by atoms with van der Waals surface area (Å²) in [5.74, 6) is 0.189. The predicted molar refractivity (Wildman–Crippen MR) is 64.2 cm³/mol. The summed E-state index contributed by atoms with van der Waals surface area (Å²) < 4.78 is 0. The van der Waals surface area contributed by atoms with Crippen molar-refractivity contribution in [2.75, 3.05) is 19.7 Å². The third kappa shape index (κ3) is 3.76. The van der Waals surface area contributed by atoms with E-state index >= 15 is 0 Å². The SMILES string of the molecule is CCN(C(C)=O)C1CCC(NCCO)CC1. The maximum atomic E-state index is 11.4. The third-order valence-electron chi connectivity index (χ3n) is 3.43. The second-order valence-corrected chi connectivity index (χ2v) is 4.49. The van der Waals surface area contributed by atoms with Crippen LogP contribution < -0.4 is 5.32 Å². The van der Waals surface area contributed by atoms with E-state index < -0.39 is 0 Å². The van der Waals surface area contributed by atoms with Crippen molar-refractivity contribution in [3.63, 3.8) is 0 Å². The van der Waals surface area contributed by atoms with Gasteiger partial charge >= 0.3 is 0 Å². The lowest BCUT2D eigenvalue weighted by atomic mass is 9.90. The zero-order chi connectivity index (χ0) is 12.0. The number of nitrogens with zero attached hydrogens (tertiary/aromatic N) is 1. The summed E-state index contributed by atoms with van der Waals surface area (Å²) >= 11 is 0. The monoisotopic (exact) mass is 228 g/mol. The fourth-order valence-electron chi connectivity index (χ4n) is 2.60. The molecule has 16 heavy (non-hydrogen) atoms. The first-order valence-electron chi connectivity index (χ1n) is 6.30. The summed E-state index contributed by atoms with van der Waals surface area (Å²) in [4.78, 5) is 13.4. The lowest BCUT2D eigenvalue weighted by molar-refractivity contribution is -0.131. The van der Waals surface area contributed by atoms with Gasteiger partial charge in [0.25, 0.3) is 0 Å². The highest BCUT2D eigenvalue weighted by atomic mass is 16.3. The van der Waals surface area contributed by atoms with Gasteiger partial charge in [-0.15, -0.1) is 0 Å². The Bertz CT molecular complexity index is 213. The Balaban J connectivity index is 2.33. The lowest BCUT2D eigenvalue weighted by Crippen LogP contribution is -2.44. The third-order valence-corrected chi connectivity index (χ3v) is 3.43. The molecule has 1 rings (SSSR count). The van der Waals surface area contributed by atoms with Crippen LogP contribution in [0.1, 0.15) is 39.5 Å². The van der Waals surface area contributed by atoms with E-state index in [4.69, 9.17) is 5.11 Å². The van der Waals surface area contributed by atoms with Gasteiger partial charge in [-0.1, -0.05) is 0 Å². The summed E-state index contributed by atoms with van der Waals surface area (Å²) in [6.07, 6.45) is 4.37. The van der Waals surface area contributed by atoms with Crippen molar-refractivity contribution in [2.45, 2.75) is 51.6 Å². The van der Waals surface area contributed by atoms with Crippen molar-refractivity contribution in [1.29, 1.82) is 0 Å². The Hall–Kier alpha value is -0.610. The molecule has 0 aromatic rings. The van der Waals surface area contributed by atoms with Gasteiger partial charge in [0.15, 0.2) is 0 Å². The molecule has 1 aliphatic rings. The van der Waals surface area contributed by atoms with Crippen LogP contribution in [-0.2, 0) is 4.79 Å². The minimum Gasteiger partial charge on any atom is -0.395 e. The molecule has 0 heterocycles. The Kier molecular flexibility index (Phi) is 5.77. The van der Waals surface area contributed by atoms with Gasteiger partial charge in [-0.3, -0.25) is 4.79 Å². The normalized spacial score (nSPS) is 25.4. The van der Waals surface area contributed by atoms with Crippen molar-refractivity contribution >= 4 is 5.91 Å². The first-order chi connectivity index (χ1) is 7.69. The number of nitrogens with one attached hydrogen (secondary N) is 1. The van der Waals surface area contributed by atoms with Crippen LogP contribution in [0, 0.1) is 0 Å². The average molecular weight is 228 g/mol. The molecule has 0 bridgehead atoms. The molecule has 1 amide bonds. The van der Waals surface area contributed by atoms with Crippen LogP contribution in [-0.4, -0.2) is 47.7 Å². The highest BCUT2D eigenvalue weighted by molar-refractivity contribution is 5.73. The molecule has 0 unspecified atom stereocenters. The molecule has 0 saturated heterocycles. The average Bonchev–Trinajstić information content (AvgIpc) is 2.28. The van der Waals surface area contributed by atoms with Crippen LogP contribution in [0.5, 0.6) is 0 Å². The van der Waals surface area contributed by atoms with Gasteiger partial charge in [0.1, 0.15) is 0 Å². The molecule has 0 atom stereocenters. The largest absolute Gasteiger partial charge is 0.395 e. The molecular weight excluding hydrogens is 204 g/mol. The number of carbonyl (C=O) groups excluding carboxylic acids is 1. The first-order valence-corrected chi connectivity index (χ1v) is 6.30. The summed E-state index contributed by atoms with van der Waals surface area (Å²) in [5.41, 5.74) is 0. The number of aliphatic hydroxyl groups is 1. The van der Waals surface area contributed by atoms with E-state index in [0.717, 1.165) is 32.2 Å². The maximum absolute atomic E-state index is 11.4. The van der Waals surface area contributed by atoms with E-state index in [2.05, 4.69) is 5.32 Å². The minimum absolute atomic E-state index is 0.189. The molecule has 0 aromatic carbocycles. The molecule has 4 heteroatoms. The van der Waals surface area contributed by atoms with Crippen LogP contribution >= 0.6 is 0 Å². The van der Waals surface area contributed by atoms with Crippen molar-refractivity contribution < 1.29 is 9.90 Å². The molecule has 4 nitrogen and oxygen atoms in total. The van der Waals surface area contributed by atoms with E-state index in [0.29, 0.717) is 18.6 Å². The minimum atomic E-state index is 0.189. The fraction of sp³-hybridized carbons (Fsp3) is 0.917. The lowest BCUT2D eigenvalue weighted by Gasteiger charge is -2.36. The van der Waals surface area contributed by atoms with Crippen LogP contribution in [0.15, 0.2) is 0 Å². The molecule has 0 spiro atoms. The Labute approximate surface area is 98.0 Å². The summed E-state index contributed by atoms with van der Waals surface area (Å²) in [5, 5.41) is 12.1. The number of amides is 1. The molecule has 0 aromatic heterocycles. The van der Waals surface area contributed by atoms with Gasteiger partial charge in [-0.25, -0.2) is 0 Å². The molecule has 0 aliphatic heterocycles. The zero-order valence-electron chi connectivity index (χ0n) is 10.4. The predicted octanol–water partition coefficient (Wildman–Crippen LogP) is 0.748. The second kappa shape index (κ2) is 6.86. The number of hydrogen-bond acceptors (Lipinski definition) is 3. The number of carbonyl (C=O) groups is 1. The van der Waals surface area contributed by atoms with Crippen molar-refractivity contribution in [3.8, 4) is 0 Å². The van der Waals surface area contributed by atoms with E-state index in [-0.39, 0.29) is 12.5 Å². The molecule has 2 N–H and O–H groups in total. The fourth-order valence-corrected chi connectivity index (χ4v) is 2.60. The maximum Gasteiger partial charge on any atom is 0.219 e. The number of hydrogen-bond donors (Lipinski definition) is 2. The Morgan fingerprint density at radius 2 is 2.00 bits per heavy atom. The molecule has 0 radical (unpaired) electrons. The smallest absolute Gasteiger partial charge is 0.219 e. The van der Waals surface area contributed by atoms with Crippen LogP contribution in [0.25, 0.3) is 0 Å². The van der Waals surface area contributed by atoms with E-state index in [1.165, 1.54) is 0 Å². The van der Waals surface area contributed by atoms with Gasteiger partial charge in [0.05, 0.1) is 6.61 Å². The molecular formula is C12H24N2O2. The number of rotatable bonds is 5. The van der Waals surface area contributed by atoms with Crippen molar-refractivity contribution in [1.82, 2.24) is 10.2 Å². The number of aliphatic hydroxyl groups excluding tert-OH is 1. The first kappa shape index (κ1) is 13.5. The van der Waals surface area contributed by atoms with Crippen LogP contribution in [0.2, 0.25) is 0 Å². The molecule has 1 saturated carbocycles. The van der Waals surface area contributed by atoms with Crippen LogP contribution in [0.3, 0.4) is 0 Å². The Morgan fingerprint density at radius 1 is 1.38 bits per heavy atom. The van der Waals surface area contributed by atoms with E-state index in [9.17, 15) is 4.79 Å².